The van der Waals surface area contributed by atoms with Gasteiger partial charge in [-0.15, -0.1) is 0 Å². The molecule has 0 unspecified atom stereocenters. The number of hydrogen-bond donors (Lipinski definition) is 0. The standard InChI is InChI=1S/C42H24O2/c1-2-10-25(11-3-1)39-29-14-6-8-16-31(29)40(32-17-9-7-15-30(32)39)28-18-21-37-35(23-28)33-19-20-34-36-22-26-12-4-5-13-27(26)24-38(36)44-42(34)41(33)43-37/h1-24H. The summed E-state index contributed by atoms with van der Waals surface area (Å²) in [4.78, 5) is 0. The average molecular weight is 561 g/mol. The van der Waals surface area contributed by atoms with Crippen LogP contribution in [0.15, 0.2) is 154 Å². The number of rotatable bonds is 2. The highest BCUT2D eigenvalue weighted by Gasteiger charge is 2.20. The summed E-state index contributed by atoms with van der Waals surface area (Å²) in [5.41, 5.74) is 8.24. The lowest BCUT2D eigenvalue weighted by molar-refractivity contribution is 0.633. The largest absolute Gasteiger partial charge is 0.452 e. The smallest absolute Gasteiger partial charge is 0.178 e. The van der Waals surface area contributed by atoms with E-state index in [1.165, 1.54) is 54.6 Å². The molecule has 0 aliphatic rings. The van der Waals surface area contributed by atoms with E-state index in [2.05, 4.69) is 146 Å². The fourth-order valence-electron chi connectivity index (χ4n) is 7.26. The van der Waals surface area contributed by atoms with Crippen molar-refractivity contribution in [1.82, 2.24) is 0 Å². The normalized spacial score (nSPS) is 12.1. The van der Waals surface area contributed by atoms with E-state index in [1.54, 1.807) is 0 Å². The van der Waals surface area contributed by atoms with E-state index in [-0.39, 0.29) is 0 Å². The number of fused-ring (bicyclic) bond motifs is 10. The first-order valence-electron chi connectivity index (χ1n) is 15.0. The third-order valence-corrected chi connectivity index (χ3v) is 9.23. The van der Waals surface area contributed by atoms with Gasteiger partial charge in [0, 0.05) is 21.5 Å². The van der Waals surface area contributed by atoms with E-state index in [0.29, 0.717) is 0 Å². The Kier molecular flexibility index (Phi) is 4.75. The summed E-state index contributed by atoms with van der Waals surface area (Å²) >= 11 is 0. The van der Waals surface area contributed by atoms with Crippen LogP contribution in [0.3, 0.4) is 0 Å². The number of hydrogen-bond acceptors (Lipinski definition) is 2. The Morgan fingerprint density at radius 2 is 0.795 bits per heavy atom. The van der Waals surface area contributed by atoms with E-state index < -0.39 is 0 Å². The van der Waals surface area contributed by atoms with Crippen LogP contribution in [0.2, 0.25) is 0 Å². The van der Waals surface area contributed by atoms with Gasteiger partial charge in [0.2, 0.25) is 0 Å². The van der Waals surface area contributed by atoms with Gasteiger partial charge < -0.3 is 8.83 Å². The van der Waals surface area contributed by atoms with Crippen LogP contribution in [-0.2, 0) is 0 Å². The van der Waals surface area contributed by atoms with Gasteiger partial charge in [-0.3, -0.25) is 0 Å². The van der Waals surface area contributed by atoms with Crippen LogP contribution in [0.5, 0.6) is 0 Å². The van der Waals surface area contributed by atoms with Crippen molar-refractivity contribution in [2.24, 2.45) is 0 Å². The fraction of sp³-hybridized carbons (Fsp3) is 0. The molecule has 0 spiro atoms. The van der Waals surface area contributed by atoms with Gasteiger partial charge in [-0.2, -0.15) is 0 Å². The predicted octanol–water partition coefficient (Wildman–Crippen LogP) is 12.3. The second-order valence-corrected chi connectivity index (χ2v) is 11.6. The van der Waals surface area contributed by atoms with Gasteiger partial charge in [0.05, 0.1) is 0 Å². The van der Waals surface area contributed by atoms with Crippen molar-refractivity contribution in [2.45, 2.75) is 0 Å². The van der Waals surface area contributed by atoms with Crippen molar-refractivity contribution in [3.8, 4) is 22.3 Å². The zero-order chi connectivity index (χ0) is 28.8. The monoisotopic (exact) mass is 560 g/mol. The quantitative estimate of drug-likeness (QED) is 0.197. The molecule has 0 saturated carbocycles. The molecule has 10 aromatic rings. The number of furan rings is 2. The minimum absolute atomic E-state index is 0.795. The highest BCUT2D eigenvalue weighted by atomic mass is 16.4. The summed E-state index contributed by atoms with van der Waals surface area (Å²) in [6.07, 6.45) is 0. The first-order valence-corrected chi connectivity index (χ1v) is 15.0. The van der Waals surface area contributed by atoms with Crippen LogP contribution in [0, 0.1) is 0 Å². The van der Waals surface area contributed by atoms with Gasteiger partial charge in [-0.05, 0) is 91.0 Å². The predicted molar refractivity (Wildman–Crippen MR) is 184 cm³/mol. The molecule has 10 rings (SSSR count). The van der Waals surface area contributed by atoms with Crippen LogP contribution < -0.4 is 0 Å². The molecule has 0 aliphatic heterocycles. The summed E-state index contributed by atoms with van der Waals surface area (Å²) in [7, 11) is 0. The topological polar surface area (TPSA) is 26.3 Å². The second-order valence-electron chi connectivity index (χ2n) is 11.6. The molecule has 0 saturated heterocycles. The third-order valence-electron chi connectivity index (χ3n) is 9.23. The SMILES string of the molecule is c1ccc(-c2c3ccccc3c(-c3ccc4oc5c(ccc6c7cc8ccccc8cc7oc65)c4c3)c3ccccc23)cc1. The van der Waals surface area contributed by atoms with Crippen molar-refractivity contribution in [1.29, 1.82) is 0 Å². The molecule has 2 aromatic heterocycles. The van der Waals surface area contributed by atoms with E-state index in [9.17, 15) is 0 Å². The van der Waals surface area contributed by atoms with Gasteiger partial charge in [0.1, 0.15) is 11.2 Å². The summed E-state index contributed by atoms with van der Waals surface area (Å²) in [6.45, 7) is 0. The lowest BCUT2D eigenvalue weighted by atomic mass is 9.86. The number of benzene rings is 8. The summed E-state index contributed by atoms with van der Waals surface area (Å²) in [5.74, 6) is 0. The lowest BCUT2D eigenvalue weighted by Gasteiger charge is -2.17. The lowest BCUT2D eigenvalue weighted by Crippen LogP contribution is -1.90. The van der Waals surface area contributed by atoms with E-state index in [4.69, 9.17) is 8.83 Å². The first kappa shape index (κ1) is 23.7. The maximum atomic E-state index is 6.54. The molecule has 2 heteroatoms. The van der Waals surface area contributed by atoms with Gasteiger partial charge >= 0.3 is 0 Å². The Bertz CT molecular complexity index is 2700. The minimum atomic E-state index is 0.795. The molecule has 0 N–H and O–H groups in total. The zero-order valence-electron chi connectivity index (χ0n) is 23.7. The highest BCUT2D eigenvalue weighted by Crippen LogP contribution is 2.45. The van der Waals surface area contributed by atoms with Crippen molar-refractivity contribution in [3.05, 3.63) is 146 Å². The molecule has 0 bridgehead atoms. The molecule has 204 valence electrons. The molecule has 0 aliphatic carbocycles. The van der Waals surface area contributed by atoms with Gasteiger partial charge in [-0.1, -0.05) is 109 Å². The van der Waals surface area contributed by atoms with E-state index in [0.717, 1.165) is 43.9 Å². The van der Waals surface area contributed by atoms with Crippen LogP contribution in [0.25, 0.3) is 98.4 Å². The van der Waals surface area contributed by atoms with Gasteiger partial charge in [0.15, 0.2) is 11.2 Å². The van der Waals surface area contributed by atoms with Crippen LogP contribution in [0.1, 0.15) is 0 Å². The van der Waals surface area contributed by atoms with Crippen LogP contribution >= 0.6 is 0 Å². The third kappa shape index (κ3) is 3.25. The van der Waals surface area contributed by atoms with Crippen molar-refractivity contribution in [2.75, 3.05) is 0 Å². The Balaban J connectivity index is 1.26. The van der Waals surface area contributed by atoms with Gasteiger partial charge in [-0.25, -0.2) is 0 Å². The summed E-state index contributed by atoms with van der Waals surface area (Å²) < 4.78 is 13.0. The zero-order valence-corrected chi connectivity index (χ0v) is 23.7. The molecule has 0 radical (unpaired) electrons. The first-order chi connectivity index (χ1) is 21.8. The molecule has 0 fully saturated rings. The molecule has 2 nitrogen and oxygen atoms in total. The maximum Gasteiger partial charge on any atom is 0.178 e. The Morgan fingerprint density at radius 1 is 0.295 bits per heavy atom. The fourth-order valence-corrected chi connectivity index (χ4v) is 7.26. The maximum absolute atomic E-state index is 6.54. The molecule has 8 aromatic carbocycles. The Labute approximate surface area is 252 Å². The molecular weight excluding hydrogens is 536 g/mol. The Hall–Kier alpha value is -5.86. The van der Waals surface area contributed by atoms with Crippen molar-refractivity contribution in [3.63, 3.8) is 0 Å². The van der Waals surface area contributed by atoms with E-state index >= 15 is 0 Å². The highest BCUT2D eigenvalue weighted by molar-refractivity contribution is 6.23. The van der Waals surface area contributed by atoms with Crippen molar-refractivity contribution < 1.29 is 8.83 Å². The van der Waals surface area contributed by atoms with Crippen molar-refractivity contribution >= 4 is 76.2 Å². The minimum Gasteiger partial charge on any atom is -0.452 e. The summed E-state index contributed by atoms with van der Waals surface area (Å²) in [6, 6.07) is 52.0. The Morgan fingerprint density at radius 3 is 1.43 bits per heavy atom. The molecule has 0 atom stereocenters. The molecule has 0 amide bonds. The molecule has 2 heterocycles. The van der Waals surface area contributed by atoms with E-state index in [1.807, 2.05) is 0 Å². The van der Waals surface area contributed by atoms with Gasteiger partial charge in [0.25, 0.3) is 0 Å². The summed E-state index contributed by atoms with van der Waals surface area (Å²) in [5, 5.41) is 11.7. The van der Waals surface area contributed by atoms with Crippen LogP contribution in [-0.4, -0.2) is 0 Å². The average Bonchev–Trinajstić information content (AvgIpc) is 3.64. The molecular formula is C42H24O2. The second kappa shape index (κ2) is 8.82. The van der Waals surface area contributed by atoms with Crippen LogP contribution in [0.4, 0.5) is 0 Å². The molecule has 44 heavy (non-hydrogen) atoms.